The first-order valence-electron chi connectivity index (χ1n) is 17.6. The number of hydrogen-bond donors (Lipinski definition) is 4. The predicted octanol–water partition coefficient (Wildman–Crippen LogP) is 5.29. The van der Waals surface area contributed by atoms with Crippen LogP contribution in [0.1, 0.15) is 53.6 Å². The van der Waals surface area contributed by atoms with Gasteiger partial charge in [0.15, 0.2) is 6.29 Å². The number of carbonyl (C=O) groups is 2. The Balaban J connectivity index is 1.15. The second-order valence-electron chi connectivity index (χ2n) is 13.4. The van der Waals surface area contributed by atoms with E-state index in [2.05, 4.69) is 22.5 Å². The highest BCUT2D eigenvalue weighted by atomic mass is 16.7. The number of esters is 1. The molecule has 2 aliphatic heterocycles. The average Bonchev–Trinajstić information content (AvgIpc) is 3.58. The van der Waals surface area contributed by atoms with E-state index in [1.54, 1.807) is 0 Å². The van der Waals surface area contributed by atoms with E-state index in [1.807, 2.05) is 103 Å². The Morgan fingerprint density at radius 2 is 1.61 bits per heavy atom. The molecule has 4 aromatic carbocycles. The molecule has 0 bridgehead atoms. The molecule has 0 radical (unpaired) electrons. The van der Waals surface area contributed by atoms with Crippen LogP contribution >= 0.6 is 0 Å². The molecule has 10 nitrogen and oxygen atoms in total. The van der Waals surface area contributed by atoms with E-state index >= 15 is 0 Å². The molecule has 6 unspecified atom stereocenters. The van der Waals surface area contributed by atoms with Crippen LogP contribution in [-0.2, 0) is 38.6 Å². The third kappa shape index (κ3) is 9.21. The van der Waals surface area contributed by atoms with Crippen molar-refractivity contribution >= 4 is 12.0 Å². The molecule has 2 saturated heterocycles. The molecule has 0 aliphatic carbocycles. The first-order chi connectivity index (χ1) is 24.8. The number of likely N-dealkylation sites (tertiary alicyclic amines) is 1. The van der Waals surface area contributed by atoms with Gasteiger partial charge in [-0.15, -0.1) is 0 Å². The number of rotatable bonds is 12. The van der Waals surface area contributed by atoms with E-state index in [-0.39, 0.29) is 37.4 Å². The van der Waals surface area contributed by atoms with Crippen LogP contribution in [-0.4, -0.2) is 72.1 Å². The van der Waals surface area contributed by atoms with Gasteiger partial charge in [-0.3, -0.25) is 4.90 Å². The fourth-order valence-electron chi connectivity index (χ4n) is 6.91. The first kappa shape index (κ1) is 36.2. The summed E-state index contributed by atoms with van der Waals surface area (Å²) < 4.78 is 18.2. The molecular formula is C41H47N3O7. The van der Waals surface area contributed by atoms with Crippen molar-refractivity contribution in [1.82, 2.24) is 15.5 Å². The van der Waals surface area contributed by atoms with E-state index in [0.717, 1.165) is 51.9 Å². The Morgan fingerprint density at radius 3 is 2.29 bits per heavy atom. The van der Waals surface area contributed by atoms with Crippen molar-refractivity contribution in [2.45, 2.75) is 63.6 Å². The maximum absolute atomic E-state index is 13.0. The van der Waals surface area contributed by atoms with Crippen LogP contribution in [0.25, 0.3) is 11.1 Å². The SMILES string of the molecule is COC(=O)C(Cc1ccccc1)NC(=O)NCc1ccccc1-c1ccc(C2OC(CN3CCC(O)C3)C(C)C(c3ccc(CO)cc3)O2)cc1. The number of amides is 2. The number of hydrogen-bond acceptors (Lipinski definition) is 8. The molecule has 6 rings (SSSR count). The fraction of sp³-hybridized carbons (Fsp3) is 0.366. The van der Waals surface area contributed by atoms with Gasteiger partial charge >= 0.3 is 12.0 Å². The Hall–Kier alpha value is -4.58. The topological polar surface area (TPSA) is 130 Å². The van der Waals surface area contributed by atoms with Crippen LogP contribution in [0.3, 0.4) is 0 Å². The van der Waals surface area contributed by atoms with Gasteiger partial charge in [0.25, 0.3) is 0 Å². The quantitative estimate of drug-likeness (QED) is 0.148. The van der Waals surface area contributed by atoms with Gasteiger partial charge in [-0.25, -0.2) is 9.59 Å². The monoisotopic (exact) mass is 693 g/mol. The molecule has 51 heavy (non-hydrogen) atoms. The van der Waals surface area contributed by atoms with Crippen LogP contribution < -0.4 is 10.6 Å². The summed E-state index contributed by atoms with van der Waals surface area (Å²) >= 11 is 0. The standard InChI is InChI=1S/C41H47N3O7/c1-27-37(25-44-21-20-34(46)24-44)50-40(51-38(27)31-14-12-29(26-45)13-15-31)32-18-16-30(17-19-32)35-11-7-6-10-33(35)23-42-41(48)43-36(39(47)49-2)22-28-8-4-3-5-9-28/h3-19,27,34,36-38,40,45-46H,20-26H2,1-2H3,(H2,42,43,48). The van der Waals surface area contributed by atoms with Crippen LogP contribution in [0, 0.1) is 5.92 Å². The van der Waals surface area contributed by atoms with Gasteiger partial charge in [0.2, 0.25) is 0 Å². The number of benzene rings is 4. The Bertz CT molecular complexity index is 1730. The highest BCUT2D eigenvalue weighted by Crippen LogP contribution is 2.42. The van der Waals surface area contributed by atoms with E-state index in [1.165, 1.54) is 7.11 Å². The smallest absolute Gasteiger partial charge is 0.328 e. The molecule has 0 spiro atoms. The first-order valence-corrected chi connectivity index (χ1v) is 17.6. The van der Waals surface area contributed by atoms with Gasteiger partial charge in [0.05, 0.1) is 32.0 Å². The molecule has 0 aromatic heterocycles. The summed E-state index contributed by atoms with van der Waals surface area (Å²) in [6.45, 7) is 4.54. The molecule has 6 atom stereocenters. The lowest BCUT2D eigenvalue weighted by Crippen LogP contribution is -2.47. The van der Waals surface area contributed by atoms with Crippen molar-refractivity contribution in [1.29, 1.82) is 0 Å². The maximum Gasteiger partial charge on any atom is 0.328 e. The van der Waals surface area contributed by atoms with Crippen molar-refractivity contribution in [2.75, 3.05) is 26.7 Å². The summed E-state index contributed by atoms with van der Waals surface area (Å²) in [7, 11) is 1.31. The summed E-state index contributed by atoms with van der Waals surface area (Å²) in [5.41, 5.74) is 6.51. The van der Waals surface area contributed by atoms with Gasteiger partial charge in [-0.05, 0) is 39.8 Å². The zero-order valence-electron chi connectivity index (χ0n) is 29.1. The lowest BCUT2D eigenvalue weighted by atomic mass is 9.90. The molecule has 2 fully saturated rings. The summed E-state index contributed by atoms with van der Waals surface area (Å²) in [4.78, 5) is 27.7. The van der Waals surface area contributed by atoms with Crippen LogP contribution in [0.2, 0.25) is 0 Å². The number of ether oxygens (including phenoxy) is 3. The molecule has 10 heteroatoms. The number of nitrogens with zero attached hydrogens (tertiary/aromatic N) is 1. The van der Waals surface area contributed by atoms with Crippen molar-refractivity contribution in [3.8, 4) is 11.1 Å². The zero-order chi connectivity index (χ0) is 35.7. The summed E-state index contributed by atoms with van der Waals surface area (Å²) in [6, 6.07) is 32.0. The summed E-state index contributed by atoms with van der Waals surface area (Å²) in [6.07, 6.45) is -0.184. The number of nitrogens with one attached hydrogen (secondary N) is 2. The minimum Gasteiger partial charge on any atom is -0.467 e. The second kappa shape index (κ2) is 17.1. The van der Waals surface area contributed by atoms with Crippen molar-refractivity contribution < 1.29 is 34.0 Å². The summed E-state index contributed by atoms with van der Waals surface area (Å²) in [5, 5.41) is 25.4. The van der Waals surface area contributed by atoms with Gasteiger partial charge in [-0.1, -0.05) is 110 Å². The van der Waals surface area contributed by atoms with E-state index in [4.69, 9.17) is 14.2 Å². The molecule has 2 amide bonds. The minimum atomic E-state index is -0.826. The average molecular weight is 694 g/mol. The number of β-amino-alcohol motifs (C(OH)–C–C–N with tert-alkyl or cyclic N) is 1. The maximum atomic E-state index is 13.0. The molecule has 2 heterocycles. The second-order valence-corrected chi connectivity index (χ2v) is 13.4. The highest BCUT2D eigenvalue weighted by molar-refractivity contribution is 5.84. The number of methoxy groups -OCH3 is 1. The Labute approximate surface area is 299 Å². The van der Waals surface area contributed by atoms with Gasteiger partial charge < -0.3 is 35.1 Å². The molecule has 268 valence electrons. The molecule has 4 N–H and O–H groups in total. The van der Waals surface area contributed by atoms with Gasteiger partial charge in [-0.2, -0.15) is 0 Å². The third-order valence-corrected chi connectivity index (χ3v) is 9.83. The van der Waals surface area contributed by atoms with Gasteiger partial charge in [0, 0.05) is 44.1 Å². The number of aliphatic hydroxyl groups is 2. The van der Waals surface area contributed by atoms with Crippen LogP contribution in [0.4, 0.5) is 4.79 Å². The molecule has 4 aromatic rings. The largest absolute Gasteiger partial charge is 0.467 e. The van der Waals surface area contributed by atoms with E-state index in [0.29, 0.717) is 19.5 Å². The number of urea groups is 1. The highest BCUT2D eigenvalue weighted by Gasteiger charge is 2.40. The summed E-state index contributed by atoms with van der Waals surface area (Å²) in [5.74, 6) is -0.460. The van der Waals surface area contributed by atoms with Gasteiger partial charge in [0.1, 0.15) is 6.04 Å². The van der Waals surface area contributed by atoms with Crippen molar-refractivity contribution in [3.63, 3.8) is 0 Å². The van der Waals surface area contributed by atoms with Crippen molar-refractivity contribution in [2.24, 2.45) is 5.92 Å². The lowest BCUT2D eigenvalue weighted by Gasteiger charge is -2.42. The predicted molar refractivity (Wildman–Crippen MR) is 193 cm³/mol. The molecular weight excluding hydrogens is 646 g/mol. The number of aliphatic hydroxyl groups excluding tert-OH is 2. The van der Waals surface area contributed by atoms with E-state index in [9.17, 15) is 19.8 Å². The van der Waals surface area contributed by atoms with Crippen LogP contribution in [0.15, 0.2) is 103 Å². The Morgan fingerprint density at radius 1 is 0.902 bits per heavy atom. The zero-order valence-corrected chi connectivity index (χ0v) is 29.1. The fourth-order valence-corrected chi connectivity index (χ4v) is 6.91. The third-order valence-electron chi connectivity index (χ3n) is 9.83. The number of carbonyl (C=O) groups excluding carboxylic acids is 2. The Kier molecular flexibility index (Phi) is 12.1. The minimum absolute atomic E-state index is 0.0175. The van der Waals surface area contributed by atoms with E-state index < -0.39 is 24.3 Å². The molecule has 2 aliphatic rings. The lowest BCUT2D eigenvalue weighted by molar-refractivity contribution is -0.276. The van der Waals surface area contributed by atoms with Crippen molar-refractivity contribution in [3.05, 3.63) is 131 Å². The normalized spacial score (nSPS) is 22.6. The molecule has 0 saturated carbocycles. The van der Waals surface area contributed by atoms with Crippen LogP contribution in [0.5, 0.6) is 0 Å².